The summed E-state index contributed by atoms with van der Waals surface area (Å²) in [7, 11) is 0. The molecule has 28 heavy (non-hydrogen) atoms. The van der Waals surface area contributed by atoms with Gasteiger partial charge in [0.25, 0.3) is 5.91 Å². The van der Waals surface area contributed by atoms with Crippen molar-refractivity contribution in [3.05, 3.63) is 59.9 Å². The molecule has 0 saturated carbocycles. The van der Waals surface area contributed by atoms with Gasteiger partial charge in [-0.15, -0.1) is 0 Å². The summed E-state index contributed by atoms with van der Waals surface area (Å²) in [6.45, 7) is 4.82. The third kappa shape index (κ3) is 6.55. The van der Waals surface area contributed by atoms with Gasteiger partial charge in [-0.25, -0.2) is 4.39 Å². The summed E-state index contributed by atoms with van der Waals surface area (Å²) >= 11 is 5.02. The number of para-hydroxylation sites is 1. The Bertz CT molecular complexity index is 858. The Morgan fingerprint density at radius 2 is 1.79 bits per heavy atom. The summed E-state index contributed by atoms with van der Waals surface area (Å²) in [6.07, 6.45) is 2.97. The van der Waals surface area contributed by atoms with Crippen LogP contribution in [0.25, 0.3) is 6.08 Å². The molecule has 0 spiro atoms. The van der Waals surface area contributed by atoms with E-state index in [9.17, 15) is 9.18 Å². The molecule has 2 aromatic rings. The largest absolute Gasteiger partial charge is 0.490 e. The van der Waals surface area contributed by atoms with E-state index >= 15 is 0 Å². The molecule has 8 heteroatoms. The maximum absolute atomic E-state index is 13.6. The molecule has 0 unspecified atom stereocenters. The number of carbonyl (C=O) groups is 1. The molecule has 0 aromatic heterocycles. The number of hydrazine groups is 1. The van der Waals surface area contributed by atoms with Crippen molar-refractivity contribution in [2.45, 2.75) is 13.8 Å². The van der Waals surface area contributed by atoms with Crippen LogP contribution in [0.3, 0.4) is 0 Å². The smallest absolute Gasteiger partial charge is 0.262 e. The van der Waals surface area contributed by atoms with Crippen molar-refractivity contribution in [1.29, 1.82) is 0 Å². The molecule has 3 N–H and O–H groups in total. The number of carbonyl (C=O) groups excluding carboxylic acids is 1. The van der Waals surface area contributed by atoms with Gasteiger partial charge in [-0.05, 0) is 62.0 Å². The highest BCUT2D eigenvalue weighted by Gasteiger charge is 2.06. The predicted molar refractivity (Wildman–Crippen MR) is 112 cm³/mol. The summed E-state index contributed by atoms with van der Waals surface area (Å²) in [5.41, 5.74) is 5.90. The van der Waals surface area contributed by atoms with Crippen LogP contribution in [0.2, 0.25) is 0 Å². The number of amides is 1. The number of benzene rings is 2. The summed E-state index contributed by atoms with van der Waals surface area (Å²) < 4.78 is 24.6. The summed E-state index contributed by atoms with van der Waals surface area (Å²) in [5, 5.41) is 2.72. The monoisotopic (exact) mass is 403 g/mol. The molecule has 6 nitrogen and oxygen atoms in total. The van der Waals surface area contributed by atoms with E-state index in [1.165, 1.54) is 18.2 Å². The molecule has 0 aliphatic carbocycles. The maximum atomic E-state index is 13.6. The zero-order chi connectivity index (χ0) is 20.4. The van der Waals surface area contributed by atoms with Crippen LogP contribution in [0.1, 0.15) is 19.4 Å². The van der Waals surface area contributed by atoms with E-state index in [0.29, 0.717) is 24.7 Å². The average Bonchev–Trinajstić information content (AvgIpc) is 2.68. The van der Waals surface area contributed by atoms with Gasteiger partial charge in [0, 0.05) is 6.08 Å². The highest BCUT2D eigenvalue weighted by atomic mass is 32.1. The molecule has 2 aromatic carbocycles. The lowest BCUT2D eigenvalue weighted by molar-refractivity contribution is -0.116. The zero-order valence-electron chi connectivity index (χ0n) is 15.6. The van der Waals surface area contributed by atoms with E-state index in [0.717, 1.165) is 5.56 Å². The number of rotatable bonds is 7. The standard InChI is InChI=1S/C20H22FN3O3S/c1-3-26-17-11-9-14(13-18(17)27-4-2)10-12-19(25)23-24-20(28)22-16-8-6-5-7-15(16)21/h5-13H,3-4H2,1-2H3,(H,23,25)(H2,22,24,28)/b12-10+. The van der Waals surface area contributed by atoms with E-state index in [4.69, 9.17) is 21.7 Å². The molecule has 0 bridgehead atoms. The quantitative estimate of drug-likeness (QED) is 0.372. The van der Waals surface area contributed by atoms with Crippen LogP contribution in [0, 0.1) is 5.82 Å². The molecule has 2 rings (SSSR count). The molecule has 0 fully saturated rings. The Labute approximate surface area is 168 Å². The van der Waals surface area contributed by atoms with Gasteiger partial charge in [0.1, 0.15) is 5.82 Å². The van der Waals surface area contributed by atoms with Crippen molar-refractivity contribution in [3.8, 4) is 11.5 Å². The molecule has 1 amide bonds. The first-order valence-corrected chi connectivity index (χ1v) is 9.13. The Hall–Kier alpha value is -3.13. The number of hydrogen-bond acceptors (Lipinski definition) is 4. The Morgan fingerprint density at radius 3 is 2.50 bits per heavy atom. The SMILES string of the molecule is CCOc1ccc(/C=C/C(=O)NNC(=S)Nc2ccccc2F)cc1OCC. The van der Waals surface area contributed by atoms with Crippen molar-refractivity contribution in [3.63, 3.8) is 0 Å². The Kier molecular flexibility index (Phi) is 8.23. The van der Waals surface area contributed by atoms with Gasteiger partial charge in [0.15, 0.2) is 16.6 Å². The second kappa shape index (κ2) is 10.9. The van der Waals surface area contributed by atoms with Crippen molar-refractivity contribution in [2.24, 2.45) is 0 Å². The summed E-state index contributed by atoms with van der Waals surface area (Å²) in [5.74, 6) is 0.389. The van der Waals surface area contributed by atoms with E-state index in [-0.39, 0.29) is 10.8 Å². The number of halogens is 1. The van der Waals surface area contributed by atoms with Crippen LogP contribution >= 0.6 is 12.2 Å². The second-order valence-corrected chi connectivity index (χ2v) is 5.86. The molecule has 148 valence electrons. The first-order valence-electron chi connectivity index (χ1n) is 8.72. The van der Waals surface area contributed by atoms with Crippen molar-refractivity contribution in [1.82, 2.24) is 10.9 Å². The molecular formula is C20H22FN3O3S. The van der Waals surface area contributed by atoms with Crippen LogP contribution in [0.5, 0.6) is 11.5 Å². The van der Waals surface area contributed by atoms with E-state index in [2.05, 4.69) is 16.2 Å². The van der Waals surface area contributed by atoms with Crippen LogP contribution in [-0.4, -0.2) is 24.2 Å². The second-order valence-electron chi connectivity index (χ2n) is 5.45. The molecule has 0 aliphatic rings. The molecule has 0 aliphatic heterocycles. The third-order valence-corrected chi connectivity index (χ3v) is 3.62. The van der Waals surface area contributed by atoms with Crippen molar-refractivity contribution in [2.75, 3.05) is 18.5 Å². The van der Waals surface area contributed by atoms with Gasteiger partial charge in [-0.2, -0.15) is 0 Å². The van der Waals surface area contributed by atoms with E-state index < -0.39 is 11.7 Å². The van der Waals surface area contributed by atoms with Gasteiger partial charge in [0.2, 0.25) is 0 Å². The lowest BCUT2D eigenvalue weighted by atomic mass is 10.2. The first kappa shape index (κ1) is 21.2. The number of thiocarbonyl (C=S) groups is 1. The van der Waals surface area contributed by atoms with Crippen LogP contribution in [-0.2, 0) is 4.79 Å². The minimum absolute atomic E-state index is 0.0616. The van der Waals surface area contributed by atoms with Crippen LogP contribution < -0.4 is 25.6 Å². The molecule has 0 radical (unpaired) electrons. The van der Waals surface area contributed by atoms with E-state index in [1.54, 1.807) is 30.3 Å². The third-order valence-electron chi connectivity index (χ3n) is 3.42. The maximum Gasteiger partial charge on any atom is 0.262 e. The highest BCUT2D eigenvalue weighted by Crippen LogP contribution is 2.28. The first-order chi connectivity index (χ1) is 13.5. The topological polar surface area (TPSA) is 71.6 Å². The van der Waals surface area contributed by atoms with Crippen LogP contribution in [0.4, 0.5) is 10.1 Å². The Morgan fingerprint density at radius 1 is 1.07 bits per heavy atom. The summed E-state index contributed by atoms with van der Waals surface area (Å²) in [4.78, 5) is 11.9. The minimum Gasteiger partial charge on any atom is -0.490 e. The number of ether oxygens (including phenoxy) is 2. The molecule has 0 saturated heterocycles. The van der Waals surface area contributed by atoms with Crippen LogP contribution in [0.15, 0.2) is 48.5 Å². The fourth-order valence-corrected chi connectivity index (χ4v) is 2.38. The number of hydrogen-bond donors (Lipinski definition) is 3. The molecule has 0 heterocycles. The zero-order valence-corrected chi connectivity index (χ0v) is 16.4. The number of anilines is 1. The fourth-order valence-electron chi connectivity index (χ4n) is 2.22. The minimum atomic E-state index is -0.446. The number of nitrogens with one attached hydrogen (secondary N) is 3. The highest BCUT2D eigenvalue weighted by molar-refractivity contribution is 7.80. The fraction of sp³-hybridized carbons (Fsp3) is 0.200. The lowest BCUT2D eigenvalue weighted by Crippen LogP contribution is -2.43. The summed E-state index contributed by atoms with van der Waals surface area (Å²) in [6, 6.07) is 11.5. The predicted octanol–water partition coefficient (Wildman–Crippen LogP) is 3.65. The van der Waals surface area contributed by atoms with Gasteiger partial charge in [-0.3, -0.25) is 15.6 Å². The van der Waals surface area contributed by atoms with Gasteiger partial charge in [0.05, 0.1) is 18.9 Å². The van der Waals surface area contributed by atoms with Crippen molar-refractivity contribution >= 4 is 35.0 Å². The molecular weight excluding hydrogens is 381 g/mol. The lowest BCUT2D eigenvalue weighted by Gasteiger charge is -2.11. The normalized spacial score (nSPS) is 10.4. The average molecular weight is 403 g/mol. The molecule has 0 atom stereocenters. The van der Waals surface area contributed by atoms with E-state index in [1.807, 2.05) is 19.9 Å². The van der Waals surface area contributed by atoms with Crippen molar-refractivity contribution < 1.29 is 18.7 Å². The van der Waals surface area contributed by atoms with Gasteiger partial charge in [-0.1, -0.05) is 18.2 Å². The Balaban J connectivity index is 1.90. The van der Waals surface area contributed by atoms with Gasteiger partial charge < -0.3 is 14.8 Å². The van der Waals surface area contributed by atoms with Gasteiger partial charge >= 0.3 is 0 Å².